The largest absolute Gasteiger partial charge is 0.492 e. The molecule has 0 bridgehead atoms. The number of anilines is 1. The van der Waals surface area contributed by atoms with Gasteiger partial charge in [-0.25, -0.2) is 8.42 Å². The predicted octanol–water partition coefficient (Wildman–Crippen LogP) is 3.81. The van der Waals surface area contributed by atoms with Crippen LogP contribution in [0.25, 0.3) is 0 Å². The van der Waals surface area contributed by atoms with Crippen LogP contribution in [0.3, 0.4) is 0 Å². The van der Waals surface area contributed by atoms with Gasteiger partial charge in [-0.1, -0.05) is 23.7 Å². The van der Waals surface area contributed by atoms with E-state index in [0.717, 1.165) is 55.0 Å². The summed E-state index contributed by atoms with van der Waals surface area (Å²) in [6, 6.07) is 12.8. The molecule has 31 heavy (non-hydrogen) atoms. The number of carbonyl (C=O) groups excluding carboxylic acids is 1. The van der Waals surface area contributed by atoms with Gasteiger partial charge in [0.1, 0.15) is 12.4 Å². The summed E-state index contributed by atoms with van der Waals surface area (Å²) in [5, 5.41) is 3.13. The minimum absolute atomic E-state index is 0.0732. The van der Waals surface area contributed by atoms with Crippen LogP contribution in [0, 0.1) is 0 Å². The minimum Gasteiger partial charge on any atom is -0.492 e. The van der Waals surface area contributed by atoms with Crippen molar-refractivity contribution < 1.29 is 17.9 Å². The fourth-order valence-corrected chi connectivity index (χ4v) is 5.24. The third-order valence-corrected chi connectivity index (χ3v) is 8.35. The average molecular weight is 463 g/mol. The maximum absolute atomic E-state index is 12.7. The molecule has 0 unspecified atom stereocenters. The van der Waals surface area contributed by atoms with Crippen molar-refractivity contribution in [3.63, 3.8) is 0 Å². The van der Waals surface area contributed by atoms with Gasteiger partial charge in [0.25, 0.3) is 0 Å². The van der Waals surface area contributed by atoms with E-state index in [0.29, 0.717) is 11.6 Å². The van der Waals surface area contributed by atoms with Crippen molar-refractivity contribution in [1.82, 2.24) is 4.90 Å². The molecule has 1 amide bonds. The lowest BCUT2D eigenvalue weighted by atomic mass is 9.73. The molecule has 0 aliphatic carbocycles. The van der Waals surface area contributed by atoms with E-state index in [1.165, 1.54) is 6.26 Å². The average Bonchev–Trinajstić information content (AvgIpc) is 3.00. The van der Waals surface area contributed by atoms with Gasteiger partial charge in [0.2, 0.25) is 5.91 Å². The Morgan fingerprint density at radius 1 is 1.16 bits per heavy atom. The number of carbonyl (C=O) groups is 1. The number of rotatable bonds is 6. The first-order chi connectivity index (χ1) is 14.7. The molecule has 1 atom stereocenters. The molecule has 0 radical (unpaired) electrons. The fourth-order valence-electron chi connectivity index (χ4n) is 4.42. The highest BCUT2D eigenvalue weighted by Gasteiger charge is 2.48. The molecule has 2 aromatic carbocycles. The topological polar surface area (TPSA) is 75.7 Å². The van der Waals surface area contributed by atoms with Crippen LogP contribution in [-0.2, 0) is 20.0 Å². The quantitative estimate of drug-likeness (QED) is 0.706. The number of ether oxygens (including phenoxy) is 1. The first kappa shape index (κ1) is 22.1. The van der Waals surface area contributed by atoms with E-state index in [-0.39, 0.29) is 5.91 Å². The molecule has 1 fully saturated rings. The van der Waals surface area contributed by atoms with Crippen LogP contribution in [0.15, 0.2) is 42.5 Å². The summed E-state index contributed by atoms with van der Waals surface area (Å²) in [6.07, 6.45) is 2.75. The number of benzene rings is 2. The lowest BCUT2D eigenvalue weighted by molar-refractivity contribution is -0.122. The highest BCUT2D eigenvalue weighted by atomic mass is 35.5. The van der Waals surface area contributed by atoms with Gasteiger partial charge >= 0.3 is 0 Å². The summed E-state index contributed by atoms with van der Waals surface area (Å²) in [5.41, 5.74) is 2.17. The molecule has 0 aromatic heterocycles. The third-order valence-electron chi connectivity index (χ3n) is 6.56. The van der Waals surface area contributed by atoms with Crippen molar-refractivity contribution in [1.29, 1.82) is 0 Å². The Labute approximate surface area is 188 Å². The first-order valence-electron chi connectivity index (χ1n) is 10.4. The molecule has 1 saturated heterocycles. The molecule has 1 spiro atoms. The Balaban J connectivity index is 1.30. The maximum atomic E-state index is 12.7. The van der Waals surface area contributed by atoms with Gasteiger partial charge in [-0.2, -0.15) is 0 Å². The van der Waals surface area contributed by atoms with Gasteiger partial charge in [0.05, 0.1) is 10.7 Å². The number of nitrogens with zero attached hydrogens (tertiary/aromatic N) is 1. The molecular formula is C23H27ClN2O4S. The second kappa shape index (κ2) is 8.45. The minimum atomic E-state index is -3.12. The van der Waals surface area contributed by atoms with E-state index in [2.05, 4.69) is 10.2 Å². The summed E-state index contributed by atoms with van der Waals surface area (Å²) in [7, 11) is -3.12. The molecule has 1 N–H and O–H groups in total. The number of likely N-dealkylation sites (tertiary alicyclic amines) is 1. The number of amides is 1. The number of nitrogens with one attached hydrogen (secondary N) is 1. The highest BCUT2D eigenvalue weighted by Crippen LogP contribution is 2.45. The number of sulfone groups is 1. The van der Waals surface area contributed by atoms with Crippen LogP contribution in [0.2, 0.25) is 5.02 Å². The molecule has 2 heterocycles. The standard InChI is InChI=1S/C23H27ClN2O4S/c1-16(31(2,28)29)17-3-6-19(7-4-17)30-14-13-26-11-9-23(10-12-26)20-15-18(24)5-8-21(20)25-22(23)27/h3-8,15-16H,9-14H2,1-2H3,(H,25,27)/t16-/m0/s1. The molecule has 0 saturated carbocycles. The van der Waals surface area contributed by atoms with E-state index < -0.39 is 20.5 Å². The van der Waals surface area contributed by atoms with E-state index in [1.807, 2.05) is 24.3 Å². The van der Waals surface area contributed by atoms with Crippen molar-refractivity contribution in [3.8, 4) is 5.75 Å². The number of piperidine rings is 1. The zero-order chi connectivity index (χ0) is 22.2. The van der Waals surface area contributed by atoms with Crippen molar-refractivity contribution >= 4 is 33.0 Å². The summed E-state index contributed by atoms with van der Waals surface area (Å²) in [5.74, 6) is 0.792. The predicted molar refractivity (Wildman–Crippen MR) is 123 cm³/mol. The SMILES string of the molecule is C[C@@H](c1ccc(OCCN2CCC3(CC2)C(=O)Nc2ccc(Cl)cc23)cc1)S(C)(=O)=O. The summed E-state index contributed by atoms with van der Waals surface area (Å²) in [6.45, 7) is 4.61. The molecule has 6 nitrogen and oxygen atoms in total. The van der Waals surface area contributed by atoms with Crippen molar-refractivity contribution in [2.45, 2.75) is 30.4 Å². The molecular weight excluding hydrogens is 436 g/mol. The van der Waals surface area contributed by atoms with Crippen molar-refractivity contribution in [3.05, 3.63) is 58.6 Å². The second-order valence-corrected chi connectivity index (χ2v) is 11.3. The summed E-state index contributed by atoms with van der Waals surface area (Å²) < 4.78 is 29.2. The Bertz CT molecular complexity index is 1080. The normalized spacial score (nSPS) is 19.1. The van der Waals surface area contributed by atoms with E-state index in [4.69, 9.17) is 16.3 Å². The van der Waals surface area contributed by atoms with Gasteiger partial charge in [-0.05, 0) is 74.3 Å². The third kappa shape index (κ3) is 4.45. The monoisotopic (exact) mass is 462 g/mol. The molecule has 2 aliphatic rings. The van der Waals surface area contributed by atoms with Crippen LogP contribution >= 0.6 is 11.6 Å². The Kier molecular flexibility index (Phi) is 6.03. The lowest BCUT2D eigenvalue weighted by Crippen LogP contribution is -2.47. The van der Waals surface area contributed by atoms with Gasteiger partial charge in [-0.3, -0.25) is 9.69 Å². The van der Waals surface area contributed by atoms with Crippen LogP contribution in [-0.4, -0.2) is 51.7 Å². The Hall–Kier alpha value is -2.09. The van der Waals surface area contributed by atoms with Gasteiger partial charge in [0.15, 0.2) is 9.84 Å². The number of fused-ring (bicyclic) bond motifs is 2. The van der Waals surface area contributed by atoms with Gasteiger partial charge < -0.3 is 10.1 Å². The maximum Gasteiger partial charge on any atom is 0.235 e. The molecule has 166 valence electrons. The van der Waals surface area contributed by atoms with Crippen molar-refractivity contribution in [2.24, 2.45) is 0 Å². The van der Waals surface area contributed by atoms with Gasteiger partial charge in [-0.15, -0.1) is 0 Å². The highest BCUT2D eigenvalue weighted by molar-refractivity contribution is 7.90. The molecule has 2 aliphatic heterocycles. The van der Waals surface area contributed by atoms with Crippen molar-refractivity contribution in [2.75, 3.05) is 37.8 Å². The smallest absolute Gasteiger partial charge is 0.235 e. The number of hydrogen-bond acceptors (Lipinski definition) is 5. The van der Waals surface area contributed by atoms with E-state index >= 15 is 0 Å². The second-order valence-electron chi connectivity index (χ2n) is 8.46. The molecule has 8 heteroatoms. The first-order valence-corrected chi connectivity index (χ1v) is 12.8. The zero-order valence-corrected chi connectivity index (χ0v) is 19.3. The number of halogens is 1. The van der Waals surface area contributed by atoms with E-state index in [1.54, 1.807) is 25.1 Å². The molecule has 4 rings (SSSR count). The van der Waals surface area contributed by atoms with E-state index in [9.17, 15) is 13.2 Å². The van der Waals surface area contributed by atoms with Crippen LogP contribution in [0.5, 0.6) is 5.75 Å². The zero-order valence-electron chi connectivity index (χ0n) is 17.7. The Morgan fingerprint density at radius 3 is 2.48 bits per heavy atom. The number of hydrogen-bond donors (Lipinski definition) is 1. The van der Waals surface area contributed by atoms with Gasteiger partial charge in [0, 0.05) is 23.5 Å². The van der Waals surface area contributed by atoms with Crippen LogP contribution in [0.1, 0.15) is 36.1 Å². The fraction of sp³-hybridized carbons (Fsp3) is 0.435. The molecule has 2 aromatic rings. The van der Waals surface area contributed by atoms with Crippen LogP contribution < -0.4 is 10.1 Å². The lowest BCUT2D eigenvalue weighted by Gasteiger charge is -2.38. The van der Waals surface area contributed by atoms with Crippen LogP contribution in [0.4, 0.5) is 5.69 Å². The Morgan fingerprint density at radius 2 is 1.84 bits per heavy atom. The summed E-state index contributed by atoms with van der Waals surface area (Å²) >= 11 is 6.18. The summed E-state index contributed by atoms with van der Waals surface area (Å²) in [4.78, 5) is 15.0.